The predicted octanol–water partition coefficient (Wildman–Crippen LogP) is 1.41. The maximum atomic E-state index is 11.5. The molecule has 0 saturated carbocycles. The van der Waals surface area contributed by atoms with Crippen LogP contribution in [0.25, 0.3) is 17.3 Å². The molecule has 0 radical (unpaired) electrons. The minimum Gasteiger partial charge on any atom is -0.464 e. The Bertz CT molecular complexity index is 792. The molecule has 8 heteroatoms. The lowest BCUT2D eigenvalue weighted by Crippen LogP contribution is -2.01. The fraction of sp³-hybridized carbons (Fsp3) is 0.154. The van der Waals surface area contributed by atoms with Gasteiger partial charge in [-0.3, -0.25) is 4.57 Å². The fourth-order valence-corrected chi connectivity index (χ4v) is 1.82. The Kier molecular flexibility index (Phi) is 3.19. The summed E-state index contributed by atoms with van der Waals surface area (Å²) in [6.45, 7) is 1.73. The Morgan fingerprint density at radius 2 is 2.24 bits per heavy atom. The molecule has 0 amide bonds. The van der Waals surface area contributed by atoms with E-state index in [0.717, 1.165) is 0 Å². The molecule has 0 aliphatic heterocycles. The van der Waals surface area contributed by atoms with Crippen molar-refractivity contribution in [3.8, 4) is 17.3 Å². The number of aromatic nitrogens is 5. The summed E-state index contributed by atoms with van der Waals surface area (Å²) in [6, 6.07) is 3.56. The van der Waals surface area contributed by atoms with Crippen LogP contribution >= 0.6 is 0 Å². The van der Waals surface area contributed by atoms with Crippen molar-refractivity contribution in [3.05, 3.63) is 42.4 Å². The monoisotopic (exact) mass is 285 g/mol. The van der Waals surface area contributed by atoms with Crippen molar-refractivity contribution in [3.63, 3.8) is 0 Å². The van der Waals surface area contributed by atoms with Gasteiger partial charge in [0.1, 0.15) is 6.33 Å². The number of pyridine rings is 1. The lowest BCUT2D eigenvalue weighted by Gasteiger charge is -2.04. The first kappa shape index (κ1) is 13.0. The number of nitrogens with zero attached hydrogens (tertiary/aromatic N) is 5. The zero-order chi connectivity index (χ0) is 14.8. The van der Waals surface area contributed by atoms with E-state index >= 15 is 0 Å². The lowest BCUT2D eigenvalue weighted by molar-refractivity contribution is 0.0594. The molecule has 8 nitrogen and oxygen atoms in total. The van der Waals surface area contributed by atoms with Gasteiger partial charge in [0.2, 0.25) is 0 Å². The summed E-state index contributed by atoms with van der Waals surface area (Å²) >= 11 is 0. The number of hydrogen-bond acceptors (Lipinski definition) is 7. The Hall–Kier alpha value is -3.03. The van der Waals surface area contributed by atoms with Gasteiger partial charge in [0, 0.05) is 12.4 Å². The first-order valence-corrected chi connectivity index (χ1v) is 6.07. The van der Waals surface area contributed by atoms with Crippen LogP contribution < -0.4 is 0 Å². The van der Waals surface area contributed by atoms with E-state index in [1.165, 1.54) is 19.6 Å². The van der Waals surface area contributed by atoms with Gasteiger partial charge >= 0.3 is 5.97 Å². The van der Waals surface area contributed by atoms with Gasteiger partial charge in [-0.25, -0.2) is 14.8 Å². The largest absolute Gasteiger partial charge is 0.464 e. The molecule has 3 aromatic rings. The summed E-state index contributed by atoms with van der Waals surface area (Å²) in [5, 5.41) is 3.76. The summed E-state index contributed by atoms with van der Waals surface area (Å²) < 4.78 is 11.4. The molecular weight excluding hydrogens is 274 g/mol. The van der Waals surface area contributed by atoms with Crippen LogP contribution in [0.3, 0.4) is 0 Å². The van der Waals surface area contributed by atoms with Crippen molar-refractivity contribution in [2.24, 2.45) is 0 Å². The summed E-state index contributed by atoms with van der Waals surface area (Å²) in [4.78, 5) is 23.9. The van der Waals surface area contributed by atoms with Crippen LogP contribution in [0.15, 0.2) is 35.4 Å². The first-order chi connectivity index (χ1) is 10.2. The van der Waals surface area contributed by atoms with E-state index in [4.69, 9.17) is 4.52 Å². The van der Waals surface area contributed by atoms with Crippen LogP contribution in [0.5, 0.6) is 0 Å². The summed E-state index contributed by atoms with van der Waals surface area (Å²) in [5.74, 6) is 0.897. The molecule has 0 aliphatic carbocycles. The number of carbonyl (C=O) groups is 1. The molecule has 0 aliphatic rings. The molecule has 106 valence electrons. The van der Waals surface area contributed by atoms with Crippen LogP contribution in [0.1, 0.15) is 16.3 Å². The van der Waals surface area contributed by atoms with E-state index < -0.39 is 5.97 Å². The second-order valence-corrected chi connectivity index (χ2v) is 4.18. The average Bonchev–Trinajstić information content (AvgIpc) is 3.15. The smallest absolute Gasteiger partial charge is 0.358 e. The van der Waals surface area contributed by atoms with E-state index in [9.17, 15) is 4.79 Å². The van der Waals surface area contributed by atoms with Gasteiger partial charge < -0.3 is 9.26 Å². The molecule has 3 heterocycles. The molecule has 0 saturated heterocycles. The van der Waals surface area contributed by atoms with E-state index in [-0.39, 0.29) is 5.69 Å². The van der Waals surface area contributed by atoms with Gasteiger partial charge in [0.25, 0.3) is 5.89 Å². The maximum Gasteiger partial charge on any atom is 0.358 e. The third kappa shape index (κ3) is 2.38. The van der Waals surface area contributed by atoms with Crippen LogP contribution in [-0.2, 0) is 4.74 Å². The Morgan fingerprint density at radius 1 is 1.38 bits per heavy atom. The predicted molar refractivity (Wildman–Crippen MR) is 70.7 cm³/mol. The molecule has 21 heavy (non-hydrogen) atoms. The summed E-state index contributed by atoms with van der Waals surface area (Å²) in [7, 11) is 1.30. The molecule has 0 aromatic carbocycles. The SMILES string of the molecule is COC(=O)c1cn(-c2ncccc2-c2nc(C)no2)cn1. The topological polar surface area (TPSA) is 95.9 Å². The second kappa shape index (κ2) is 5.16. The summed E-state index contributed by atoms with van der Waals surface area (Å²) in [6.07, 6.45) is 4.63. The van der Waals surface area contributed by atoms with Gasteiger partial charge in [0.15, 0.2) is 17.3 Å². The molecule has 0 N–H and O–H groups in total. The second-order valence-electron chi connectivity index (χ2n) is 4.18. The minimum atomic E-state index is -0.514. The van der Waals surface area contributed by atoms with Crippen LogP contribution in [0.2, 0.25) is 0 Å². The number of imidazole rings is 1. The lowest BCUT2D eigenvalue weighted by atomic mass is 10.2. The fourth-order valence-electron chi connectivity index (χ4n) is 1.82. The molecule has 3 rings (SSSR count). The van der Waals surface area contributed by atoms with Gasteiger partial charge in [-0.2, -0.15) is 4.98 Å². The zero-order valence-corrected chi connectivity index (χ0v) is 11.3. The number of esters is 1. The third-order valence-electron chi connectivity index (χ3n) is 2.77. The molecule has 0 unspecified atom stereocenters. The summed E-state index contributed by atoms with van der Waals surface area (Å²) in [5.41, 5.74) is 0.836. The van der Waals surface area contributed by atoms with Crippen LogP contribution in [0.4, 0.5) is 0 Å². The number of ether oxygens (including phenoxy) is 1. The van der Waals surface area contributed by atoms with E-state index in [0.29, 0.717) is 23.1 Å². The van der Waals surface area contributed by atoms with Crippen LogP contribution in [0, 0.1) is 6.92 Å². The molecule has 0 spiro atoms. The highest BCUT2D eigenvalue weighted by atomic mass is 16.5. The average molecular weight is 285 g/mol. The highest BCUT2D eigenvalue weighted by molar-refractivity contribution is 5.87. The zero-order valence-electron chi connectivity index (χ0n) is 11.3. The quantitative estimate of drug-likeness (QED) is 0.671. The van der Waals surface area contributed by atoms with Crippen molar-refractivity contribution < 1.29 is 14.1 Å². The number of aryl methyl sites for hydroxylation is 1. The van der Waals surface area contributed by atoms with E-state index in [2.05, 4.69) is 24.8 Å². The van der Waals surface area contributed by atoms with Crippen molar-refractivity contribution in [2.45, 2.75) is 6.92 Å². The highest BCUT2D eigenvalue weighted by Crippen LogP contribution is 2.23. The molecule has 0 bridgehead atoms. The number of methoxy groups -OCH3 is 1. The molecule has 0 fully saturated rings. The van der Waals surface area contributed by atoms with Crippen molar-refractivity contribution in [1.82, 2.24) is 24.7 Å². The number of rotatable bonds is 3. The molecule has 0 atom stereocenters. The maximum absolute atomic E-state index is 11.5. The highest BCUT2D eigenvalue weighted by Gasteiger charge is 2.16. The minimum absolute atomic E-state index is 0.191. The third-order valence-corrected chi connectivity index (χ3v) is 2.77. The van der Waals surface area contributed by atoms with Gasteiger partial charge in [-0.15, -0.1) is 0 Å². The normalized spacial score (nSPS) is 10.6. The van der Waals surface area contributed by atoms with Crippen molar-refractivity contribution in [2.75, 3.05) is 7.11 Å². The van der Waals surface area contributed by atoms with Crippen molar-refractivity contribution >= 4 is 5.97 Å². The standard InChI is InChI=1S/C13H11N5O3/c1-8-16-12(21-17-8)9-4-3-5-14-11(9)18-6-10(15-7-18)13(19)20-2/h3-7H,1-2H3. The van der Waals surface area contributed by atoms with E-state index in [1.807, 2.05) is 0 Å². The Morgan fingerprint density at radius 3 is 2.95 bits per heavy atom. The van der Waals surface area contributed by atoms with Crippen LogP contribution in [-0.4, -0.2) is 37.8 Å². The Labute approximate surface area is 119 Å². The number of carbonyl (C=O) groups excluding carboxylic acids is 1. The molecule has 3 aromatic heterocycles. The van der Waals surface area contributed by atoms with Gasteiger partial charge in [-0.1, -0.05) is 5.16 Å². The Balaban J connectivity index is 2.07. The molecular formula is C13H11N5O3. The van der Waals surface area contributed by atoms with Crippen molar-refractivity contribution in [1.29, 1.82) is 0 Å². The van der Waals surface area contributed by atoms with Gasteiger partial charge in [-0.05, 0) is 19.1 Å². The first-order valence-electron chi connectivity index (χ1n) is 6.07. The van der Waals surface area contributed by atoms with E-state index in [1.54, 1.807) is 29.8 Å². The van der Waals surface area contributed by atoms with Gasteiger partial charge in [0.05, 0.1) is 12.7 Å². The number of hydrogen-bond donors (Lipinski definition) is 0.